The molecule has 0 aliphatic rings. The van der Waals surface area contributed by atoms with E-state index in [1.807, 2.05) is 0 Å². The fourth-order valence-electron chi connectivity index (χ4n) is 0.597. The third-order valence-corrected chi connectivity index (χ3v) is 1.99. The zero-order valence-corrected chi connectivity index (χ0v) is 7.37. The maximum atomic E-state index is 10.7. The van der Waals surface area contributed by atoms with Gasteiger partial charge in [-0.05, 0) is 6.07 Å². The van der Waals surface area contributed by atoms with Crippen LogP contribution >= 0.6 is 27.5 Å². The Labute approximate surface area is 71.3 Å². The van der Waals surface area contributed by atoms with Crippen molar-refractivity contribution < 1.29 is 0 Å². The molecule has 1 N–H and O–H groups in total. The number of halogens is 2. The van der Waals surface area contributed by atoms with Gasteiger partial charge in [-0.25, -0.2) is 0 Å². The van der Waals surface area contributed by atoms with E-state index in [0.29, 0.717) is 16.0 Å². The normalized spacial score (nSPS) is 9.80. The Morgan fingerprint density at radius 2 is 2.30 bits per heavy atom. The predicted molar refractivity (Wildman–Crippen MR) is 44.7 cm³/mol. The predicted octanol–water partition coefficient (Wildman–Crippen LogP) is 1.92. The number of aromatic amines is 1. The van der Waals surface area contributed by atoms with Gasteiger partial charge >= 0.3 is 0 Å². The van der Waals surface area contributed by atoms with Crippen molar-refractivity contribution in [3.05, 3.63) is 33.2 Å². The standard InChI is InChI=1S/C6H5BrClNO/c7-3-5-4(8)1-2-6(10)9-5/h1-2H,3H2,(H,9,10). The summed E-state index contributed by atoms with van der Waals surface area (Å²) in [7, 11) is 0. The second-order valence-electron chi connectivity index (χ2n) is 1.78. The minimum atomic E-state index is -0.126. The number of hydrogen-bond donors (Lipinski definition) is 1. The molecule has 1 rings (SSSR count). The molecule has 0 saturated carbocycles. The number of hydrogen-bond acceptors (Lipinski definition) is 1. The van der Waals surface area contributed by atoms with Crippen LogP contribution in [0.25, 0.3) is 0 Å². The molecular formula is C6H5BrClNO. The molecular weight excluding hydrogens is 217 g/mol. The van der Waals surface area contributed by atoms with Gasteiger partial charge in [-0.3, -0.25) is 4.79 Å². The van der Waals surface area contributed by atoms with E-state index in [1.165, 1.54) is 6.07 Å². The van der Waals surface area contributed by atoms with Crippen molar-refractivity contribution in [3.63, 3.8) is 0 Å². The SMILES string of the molecule is O=c1ccc(Cl)c(CBr)[nH]1. The van der Waals surface area contributed by atoms with Crippen molar-refractivity contribution in [1.82, 2.24) is 4.98 Å². The first-order chi connectivity index (χ1) is 4.74. The molecule has 0 bridgehead atoms. The lowest BCUT2D eigenvalue weighted by atomic mass is 10.4. The molecule has 1 aromatic heterocycles. The maximum absolute atomic E-state index is 10.7. The van der Waals surface area contributed by atoms with Crippen molar-refractivity contribution in [2.24, 2.45) is 0 Å². The Bertz CT molecular complexity index is 283. The van der Waals surface area contributed by atoms with Crippen LogP contribution in [0, 0.1) is 0 Å². The molecule has 0 atom stereocenters. The van der Waals surface area contributed by atoms with E-state index < -0.39 is 0 Å². The monoisotopic (exact) mass is 221 g/mol. The van der Waals surface area contributed by atoms with Crippen molar-refractivity contribution >= 4 is 27.5 Å². The van der Waals surface area contributed by atoms with Gasteiger partial charge in [0.1, 0.15) is 0 Å². The molecule has 2 nitrogen and oxygen atoms in total. The molecule has 10 heavy (non-hydrogen) atoms. The minimum absolute atomic E-state index is 0.126. The van der Waals surface area contributed by atoms with Gasteiger partial charge in [-0.2, -0.15) is 0 Å². The van der Waals surface area contributed by atoms with E-state index in [4.69, 9.17) is 11.6 Å². The maximum Gasteiger partial charge on any atom is 0.248 e. The fourth-order valence-corrected chi connectivity index (χ4v) is 1.38. The number of aromatic nitrogens is 1. The number of nitrogens with one attached hydrogen (secondary N) is 1. The summed E-state index contributed by atoms with van der Waals surface area (Å²) in [6.07, 6.45) is 0. The summed E-state index contributed by atoms with van der Waals surface area (Å²) in [6, 6.07) is 2.98. The van der Waals surface area contributed by atoms with Crippen molar-refractivity contribution in [3.8, 4) is 0 Å². The highest BCUT2D eigenvalue weighted by atomic mass is 79.9. The lowest BCUT2D eigenvalue weighted by Crippen LogP contribution is -2.05. The fraction of sp³-hybridized carbons (Fsp3) is 0.167. The summed E-state index contributed by atoms with van der Waals surface area (Å²) in [5.41, 5.74) is 0.591. The van der Waals surface area contributed by atoms with Gasteiger partial charge in [0.15, 0.2) is 0 Å². The molecule has 1 aromatic rings. The van der Waals surface area contributed by atoms with Gasteiger partial charge in [0.25, 0.3) is 0 Å². The Morgan fingerprint density at radius 1 is 1.60 bits per heavy atom. The van der Waals surface area contributed by atoms with Gasteiger partial charge < -0.3 is 4.98 Å². The average molecular weight is 222 g/mol. The molecule has 0 radical (unpaired) electrons. The number of H-pyrrole nitrogens is 1. The lowest BCUT2D eigenvalue weighted by Gasteiger charge is -1.95. The zero-order chi connectivity index (χ0) is 7.56. The average Bonchev–Trinajstić information content (AvgIpc) is 1.94. The summed E-state index contributed by atoms with van der Waals surface area (Å²) in [6.45, 7) is 0. The van der Waals surface area contributed by atoms with Gasteiger partial charge in [-0.1, -0.05) is 27.5 Å². The molecule has 0 amide bonds. The van der Waals surface area contributed by atoms with Crippen molar-refractivity contribution in [2.45, 2.75) is 5.33 Å². The second kappa shape index (κ2) is 3.21. The van der Waals surface area contributed by atoms with E-state index in [9.17, 15) is 4.79 Å². The summed E-state index contributed by atoms with van der Waals surface area (Å²) in [4.78, 5) is 13.3. The Kier molecular flexibility index (Phi) is 2.51. The molecule has 1 heterocycles. The molecule has 0 saturated heterocycles. The summed E-state index contributed by atoms with van der Waals surface area (Å²) >= 11 is 8.88. The van der Waals surface area contributed by atoms with E-state index in [0.717, 1.165) is 0 Å². The van der Waals surface area contributed by atoms with Crippen LogP contribution in [0.4, 0.5) is 0 Å². The van der Waals surface area contributed by atoms with Gasteiger partial charge in [0, 0.05) is 17.1 Å². The van der Waals surface area contributed by atoms with E-state index in [-0.39, 0.29) is 5.56 Å². The first kappa shape index (κ1) is 7.82. The number of rotatable bonds is 1. The Balaban J connectivity index is 3.22. The highest BCUT2D eigenvalue weighted by Crippen LogP contribution is 2.12. The molecule has 0 aliphatic heterocycles. The van der Waals surface area contributed by atoms with Crippen LogP contribution in [0.2, 0.25) is 5.02 Å². The molecule has 54 valence electrons. The van der Waals surface area contributed by atoms with Gasteiger partial charge in [0.2, 0.25) is 5.56 Å². The molecule has 0 unspecified atom stereocenters. The van der Waals surface area contributed by atoms with E-state index in [2.05, 4.69) is 20.9 Å². The van der Waals surface area contributed by atoms with Crippen LogP contribution in [0.15, 0.2) is 16.9 Å². The summed E-state index contributed by atoms with van der Waals surface area (Å²) in [5, 5.41) is 1.15. The Hall–Kier alpha value is -0.280. The van der Waals surface area contributed by atoms with Crippen LogP contribution < -0.4 is 5.56 Å². The summed E-state index contributed by atoms with van der Waals surface area (Å²) < 4.78 is 0. The summed E-state index contributed by atoms with van der Waals surface area (Å²) in [5.74, 6) is 0. The third kappa shape index (κ3) is 1.61. The molecule has 4 heteroatoms. The quantitative estimate of drug-likeness (QED) is 0.724. The van der Waals surface area contributed by atoms with Crippen LogP contribution in [0.5, 0.6) is 0 Å². The van der Waals surface area contributed by atoms with Crippen molar-refractivity contribution in [1.29, 1.82) is 0 Å². The smallest absolute Gasteiger partial charge is 0.248 e. The van der Waals surface area contributed by atoms with Crippen LogP contribution in [0.3, 0.4) is 0 Å². The van der Waals surface area contributed by atoms with Crippen LogP contribution in [0.1, 0.15) is 5.69 Å². The third-order valence-electron chi connectivity index (χ3n) is 1.08. The second-order valence-corrected chi connectivity index (χ2v) is 2.75. The van der Waals surface area contributed by atoms with Crippen LogP contribution in [-0.2, 0) is 5.33 Å². The topological polar surface area (TPSA) is 32.9 Å². The molecule has 0 fully saturated rings. The van der Waals surface area contributed by atoms with Crippen molar-refractivity contribution in [2.75, 3.05) is 0 Å². The molecule has 0 spiro atoms. The Morgan fingerprint density at radius 3 is 2.80 bits per heavy atom. The van der Waals surface area contributed by atoms with E-state index >= 15 is 0 Å². The van der Waals surface area contributed by atoms with E-state index in [1.54, 1.807) is 6.07 Å². The largest absolute Gasteiger partial charge is 0.324 e. The number of alkyl halides is 1. The van der Waals surface area contributed by atoms with Crippen LogP contribution in [-0.4, -0.2) is 4.98 Å². The number of pyridine rings is 1. The molecule has 0 aromatic carbocycles. The minimum Gasteiger partial charge on any atom is -0.324 e. The highest BCUT2D eigenvalue weighted by Gasteiger charge is 1.96. The lowest BCUT2D eigenvalue weighted by molar-refractivity contribution is 1.13. The van der Waals surface area contributed by atoms with Gasteiger partial charge in [0.05, 0.1) is 5.02 Å². The highest BCUT2D eigenvalue weighted by molar-refractivity contribution is 9.08. The van der Waals surface area contributed by atoms with Gasteiger partial charge in [-0.15, -0.1) is 0 Å². The molecule has 0 aliphatic carbocycles. The first-order valence-electron chi connectivity index (χ1n) is 2.67. The first-order valence-corrected chi connectivity index (χ1v) is 4.17. The zero-order valence-electron chi connectivity index (χ0n) is 5.03.